The van der Waals surface area contributed by atoms with Crippen molar-refractivity contribution in [3.63, 3.8) is 0 Å². The predicted octanol–water partition coefficient (Wildman–Crippen LogP) is 2.34. The first-order valence-electron chi connectivity index (χ1n) is 9.56. The lowest BCUT2D eigenvalue weighted by Crippen LogP contribution is -2.41. The third-order valence-electron chi connectivity index (χ3n) is 5.31. The van der Waals surface area contributed by atoms with E-state index in [1.165, 1.54) is 26.4 Å². The number of carbonyl (C=O) groups is 1. The third-order valence-corrected chi connectivity index (χ3v) is 7.73. The summed E-state index contributed by atoms with van der Waals surface area (Å²) in [6, 6.07) is 3.40. The molecule has 172 valence electrons. The molecule has 3 atom stereocenters. The van der Waals surface area contributed by atoms with Crippen LogP contribution in [-0.2, 0) is 39.3 Å². The molecule has 0 saturated carbocycles. The Labute approximate surface area is 184 Å². The lowest BCUT2D eigenvalue weighted by Gasteiger charge is -2.33. The van der Waals surface area contributed by atoms with Crippen LogP contribution in [0.15, 0.2) is 29.8 Å². The summed E-state index contributed by atoms with van der Waals surface area (Å²) in [4.78, 5) is 12.0. The van der Waals surface area contributed by atoms with Crippen LogP contribution in [0.5, 0.6) is 0 Å². The highest BCUT2D eigenvalue weighted by molar-refractivity contribution is 7.91. The van der Waals surface area contributed by atoms with Gasteiger partial charge in [-0.1, -0.05) is 17.7 Å². The zero-order chi connectivity index (χ0) is 22.8. The maximum Gasteiger partial charge on any atom is 0.332 e. The lowest BCUT2D eigenvalue weighted by atomic mass is 9.94. The van der Waals surface area contributed by atoms with Crippen molar-refractivity contribution in [2.45, 2.75) is 41.8 Å². The monoisotopic (exact) mass is 478 g/mol. The van der Waals surface area contributed by atoms with Crippen molar-refractivity contribution in [2.75, 3.05) is 27.4 Å². The fraction of sp³-hybridized carbons (Fsp3) is 0.550. The van der Waals surface area contributed by atoms with Crippen molar-refractivity contribution < 1.29 is 41.7 Å². The van der Waals surface area contributed by atoms with Crippen molar-refractivity contribution in [3.05, 3.63) is 46.3 Å². The Bertz CT molecular complexity index is 950. The molecular formula is C20H24ClFO8S. The molecule has 1 unspecified atom stereocenters. The fourth-order valence-corrected chi connectivity index (χ4v) is 6.14. The zero-order valence-electron chi connectivity index (χ0n) is 17.0. The largest absolute Gasteiger partial charge is 0.478 e. The first-order valence-corrected chi connectivity index (χ1v) is 11.6. The van der Waals surface area contributed by atoms with E-state index in [1.807, 2.05) is 0 Å². The second kappa shape index (κ2) is 9.51. The number of methoxy groups -OCH3 is 2. The molecule has 1 heterocycles. The molecule has 3 rings (SSSR count). The average Bonchev–Trinajstić information content (AvgIpc) is 3.01. The van der Waals surface area contributed by atoms with Crippen LogP contribution in [0, 0.1) is 5.82 Å². The van der Waals surface area contributed by atoms with Crippen LogP contribution in [0.25, 0.3) is 0 Å². The molecule has 1 aliphatic carbocycles. The van der Waals surface area contributed by atoms with Gasteiger partial charge in [0.05, 0.1) is 29.8 Å². The van der Waals surface area contributed by atoms with Crippen molar-refractivity contribution >= 4 is 27.4 Å². The second-order valence-corrected chi connectivity index (χ2v) is 10.1. The molecule has 1 fully saturated rings. The number of benzene rings is 1. The number of carboxylic acids is 1. The Kier molecular flexibility index (Phi) is 7.39. The zero-order valence-corrected chi connectivity index (χ0v) is 18.6. The van der Waals surface area contributed by atoms with Crippen LogP contribution in [0.4, 0.5) is 4.39 Å². The Morgan fingerprint density at radius 2 is 1.87 bits per heavy atom. The Hall–Kier alpha value is -1.56. The van der Waals surface area contributed by atoms with E-state index < -0.39 is 50.6 Å². The average molecular weight is 479 g/mol. The Balaban J connectivity index is 1.89. The lowest BCUT2D eigenvalue weighted by molar-refractivity contribution is -0.154. The molecule has 31 heavy (non-hydrogen) atoms. The minimum Gasteiger partial charge on any atom is -0.478 e. The summed E-state index contributed by atoms with van der Waals surface area (Å²) in [6.07, 6.45) is 0.333. The molecule has 0 bridgehead atoms. The molecule has 0 aromatic heterocycles. The maximum absolute atomic E-state index is 13.3. The molecule has 8 nitrogen and oxygen atoms in total. The highest BCUT2D eigenvalue weighted by atomic mass is 35.5. The van der Waals surface area contributed by atoms with Crippen molar-refractivity contribution in [1.82, 2.24) is 0 Å². The topological polar surface area (TPSA) is 108 Å². The molecule has 1 N–H and O–H groups in total. The standard InChI is InChI=1S/C20H24ClFO8S/c1-27-9-16-17(10-28-2)30-20(29-16)6-5-18(14(8-20)19(23)24)31(25,26)11-12-3-4-13(22)7-15(12)21/h3-4,7-8,16-18H,5-6,9-11H2,1-2H3,(H,23,24)/t16-,17-,18?/m1/s1. The summed E-state index contributed by atoms with van der Waals surface area (Å²) in [5, 5.41) is 8.42. The Morgan fingerprint density at radius 1 is 1.26 bits per heavy atom. The molecule has 1 saturated heterocycles. The highest BCUT2D eigenvalue weighted by Crippen LogP contribution is 2.41. The van der Waals surface area contributed by atoms with Crippen LogP contribution in [0.2, 0.25) is 5.02 Å². The number of ether oxygens (including phenoxy) is 4. The molecule has 0 radical (unpaired) electrons. The molecule has 0 amide bonds. The van der Waals surface area contributed by atoms with Crippen LogP contribution in [-0.4, -0.2) is 70.2 Å². The van der Waals surface area contributed by atoms with Gasteiger partial charge >= 0.3 is 5.97 Å². The van der Waals surface area contributed by atoms with Crippen LogP contribution in [0.3, 0.4) is 0 Å². The summed E-state index contributed by atoms with van der Waals surface area (Å²) >= 11 is 5.96. The molecule has 2 aliphatic rings. The number of carboxylic acid groups (broad SMARTS) is 1. The fourth-order valence-electron chi connectivity index (χ4n) is 3.91. The van der Waals surface area contributed by atoms with E-state index in [4.69, 9.17) is 30.5 Å². The summed E-state index contributed by atoms with van der Waals surface area (Å²) in [6.45, 7) is 0.410. The van der Waals surface area contributed by atoms with Gasteiger partial charge < -0.3 is 24.1 Å². The van der Waals surface area contributed by atoms with E-state index in [-0.39, 0.29) is 42.2 Å². The smallest absolute Gasteiger partial charge is 0.332 e. The second-order valence-electron chi connectivity index (χ2n) is 7.51. The molecular weight excluding hydrogens is 455 g/mol. The molecule has 11 heteroatoms. The maximum atomic E-state index is 13.3. The van der Waals surface area contributed by atoms with Gasteiger partial charge in [-0.15, -0.1) is 0 Å². The van der Waals surface area contributed by atoms with E-state index in [2.05, 4.69) is 0 Å². The van der Waals surface area contributed by atoms with E-state index in [1.54, 1.807) is 0 Å². The van der Waals surface area contributed by atoms with Gasteiger partial charge in [-0.2, -0.15) is 0 Å². The van der Waals surface area contributed by atoms with Gasteiger partial charge in [-0.25, -0.2) is 17.6 Å². The number of aliphatic carboxylic acids is 1. The number of hydrogen-bond acceptors (Lipinski definition) is 7. The summed E-state index contributed by atoms with van der Waals surface area (Å²) in [5.41, 5.74) is -0.138. The number of rotatable bonds is 8. The first kappa shape index (κ1) is 24.1. The van der Waals surface area contributed by atoms with Gasteiger partial charge in [0.2, 0.25) is 0 Å². The summed E-state index contributed by atoms with van der Waals surface area (Å²) in [5.74, 6) is -3.87. The normalized spacial score (nSPS) is 25.5. The number of sulfone groups is 1. The van der Waals surface area contributed by atoms with Gasteiger partial charge in [0.1, 0.15) is 18.0 Å². The van der Waals surface area contributed by atoms with E-state index in [0.29, 0.717) is 0 Å². The third kappa shape index (κ3) is 5.27. The molecule has 1 aliphatic heterocycles. The van der Waals surface area contributed by atoms with Gasteiger partial charge in [-0.05, 0) is 30.2 Å². The van der Waals surface area contributed by atoms with E-state index >= 15 is 0 Å². The minimum absolute atomic E-state index is 0.0291. The van der Waals surface area contributed by atoms with Gasteiger partial charge in [0.15, 0.2) is 15.6 Å². The van der Waals surface area contributed by atoms with Crippen LogP contribution in [0.1, 0.15) is 18.4 Å². The Morgan fingerprint density at radius 3 is 2.39 bits per heavy atom. The quantitative estimate of drug-likeness (QED) is 0.606. The number of halogens is 2. The van der Waals surface area contributed by atoms with Crippen LogP contribution < -0.4 is 0 Å². The summed E-state index contributed by atoms with van der Waals surface area (Å²) < 4.78 is 61.6. The first-order chi connectivity index (χ1) is 14.6. The number of hydrogen-bond donors (Lipinski definition) is 1. The minimum atomic E-state index is -3.98. The molecule has 1 spiro atoms. The predicted molar refractivity (Wildman–Crippen MR) is 109 cm³/mol. The van der Waals surface area contributed by atoms with E-state index in [9.17, 15) is 22.7 Å². The molecule has 1 aromatic rings. The molecule has 1 aromatic carbocycles. The summed E-state index contributed by atoms with van der Waals surface area (Å²) in [7, 11) is -0.975. The van der Waals surface area contributed by atoms with Crippen molar-refractivity contribution in [2.24, 2.45) is 0 Å². The van der Waals surface area contributed by atoms with Crippen molar-refractivity contribution in [3.8, 4) is 0 Å². The SMILES string of the molecule is COC[C@H]1OC2(C=C(C(=O)O)C(S(=O)(=O)Cc3ccc(F)cc3Cl)CC2)O[C@@H]1COC. The van der Waals surface area contributed by atoms with Crippen molar-refractivity contribution in [1.29, 1.82) is 0 Å². The highest BCUT2D eigenvalue weighted by Gasteiger charge is 2.51. The van der Waals surface area contributed by atoms with Crippen LogP contribution >= 0.6 is 11.6 Å². The van der Waals surface area contributed by atoms with Gasteiger partial charge in [0.25, 0.3) is 0 Å². The van der Waals surface area contributed by atoms with Gasteiger partial charge in [-0.3, -0.25) is 0 Å². The van der Waals surface area contributed by atoms with Gasteiger partial charge in [0, 0.05) is 25.7 Å². The van der Waals surface area contributed by atoms with E-state index in [0.717, 1.165) is 12.1 Å².